The number of aromatic nitrogens is 1. The number of fused-ring (bicyclic) bond motifs is 1. The van der Waals surface area contributed by atoms with E-state index < -0.39 is 65.9 Å². The smallest absolute Gasteiger partial charge is 0.326 e. The number of carboxylic acids is 1. The van der Waals surface area contributed by atoms with Gasteiger partial charge in [0.1, 0.15) is 36.0 Å². The van der Waals surface area contributed by atoms with Gasteiger partial charge in [0.2, 0.25) is 23.6 Å². The van der Waals surface area contributed by atoms with Crippen LogP contribution in [0.5, 0.6) is 5.75 Å². The Hall–Kier alpha value is -5.33. The van der Waals surface area contributed by atoms with Crippen LogP contribution in [0.15, 0.2) is 59.7 Å². The number of amides is 4. The van der Waals surface area contributed by atoms with Gasteiger partial charge in [0.25, 0.3) is 0 Å². The molecule has 0 aliphatic carbocycles. The second-order valence-electron chi connectivity index (χ2n) is 12.5. The molecule has 4 amide bonds. The number of phenolic OH excluding ortho intramolecular Hbond substituents is 1. The Morgan fingerprint density at radius 1 is 0.830 bits per heavy atom. The lowest BCUT2D eigenvalue weighted by molar-refractivity contribution is -0.142. The van der Waals surface area contributed by atoms with Crippen LogP contribution in [0.2, 0.25) is 0 Å². The first-order chi connectivity index (χ1) is 25.2. The zero-order valence-corrected chi connectivity index (χ0v) is 30.4. The molecule has 18 heteroatoms. The van der Waals surface area contributed by atoms with Gasteiger partial charge in [0, 0.05) is 36.5 Å². The molecular weight excluding hydrogens is 707 g/mol. The predicted molar refractivity (Wildman–Crippen MR) is 202 cm³/mol. The molecule has 3 rings (SSSR count). The highest BCUT2D eigenvalue weighted by molar-refractivity contribution is 7.98. The largest absolute Gasteiger partial charge is 0.508 e. The van der Waals surface area contributed by atoms with Crippen LogP contribution in [0.4, 0.5) is 0 Å². The minimum absolute atomic E-state index is 0.00828. The second kappa shape index (κ2) is 20.6. The number of aliphatic hydroxyl groups is 1. The first-order valence-corrected chi connectivity index (χ1v) is 18.3. The SMILES string of the molecule is CSCC[C@H](NC(=O)[C@H](Cc1c[nH]c2ccccc12)NC(=O)[C@H](Cc1ccc(O)cc1)NC(=O)[C@@H](N)[C@@H](C)O)C(=O)N[C@@H](CCCN=C(N)N)C(=O)O. The molecule has 0 saturated heterocycles. The minimum Gasteiger partial charge on any atom is -0.508 e. The maximum Gasteiger partial charge on any atom is 0.326 e. The highest BCUT2D eigenvalue weighted by atomic mass is 32.2. The number of aliphatic imine (C=N–C) groups is 1. The van der Waals surface area contributed by atoms with E-state index in [0.717, 1.165) is 10.9 Å². The van der Waals surface area contributed by atoms with Crippen molar-refractivity contribution in [1.29, 1.82) is 0 Å². The molecule has 0 radical (unpaired) electrons. The Balaban J connectivity index is 1.92. The third kappa shape index (κ3) is 13.3. The molecule has 1 heterocycles. The van der Waals surface area contributed by atoms with Crippen molar-refractivity contribution in [1.82, 2.24) is 26.3 Å². The molecule has 0 aliphatic heterocycles. The van der Waals surface area contributed by atoms with E-state index in [1.165, 1.54) is 30.8 Å². The zero-order valence-electron chi connectivity index (χ0n) is 29.6. The lowest BCUT2D eigenvalue weighted by atomic mass is 10.0. The van der Waals surface area contributed by atoms with Gasteiger partial charge in [-0.3, -0.25) is 24.2 Å². The normalized spacial score (nSPS) is 14.5. The number of guanidine groups is 1. The molecule has 53 heavy (non-hydrogen) atoms. The van der Waals surface area contributed by atoms with Crippen molar-refractivity contribution in [3.8, 4) is 5.75 Å². The molecule has 0 bridgehead atoms. The van der Waals surface area contributed by atoms with E-state index in [2.05, 4.69) is 31.2 Å². The van der Waals surface area contributed by atoms with Gasteiger partial charge in [-0.1, -0.05) is 30.3 Å². The molecule has 0 fully saturated rings. The number of phenols is 1. The fraction of sp³-hybridized carbons (Fsp3) is 0.429. The van der Waals surface area contributed by atoms with Crippen LogP contribution in [0.25, 0.3) is 10.9 Å². The number of hydrogen-bond acceptors (Lipinski definition) is 10. The van der Waals surface area contributed by atoms with Crippen LogP contribution >= 0.6 is 11.8 Å². The number of aromatic hydroxyl groups is 1. The average molecular weight is 756 g/mol. The number of aliphatic carboxylic acids is 1. The summed E-state index contributed by atoms with van der Waals surface area (Å²) in [5.41, 5.74) is 18.5. The van der Waals surface area contributed by atoms with Crippen LogP contribution in [0.1, 0.15) is 37.3 Å². The zero-order chi connectivity index (χ0) is 39.1. The van der Waals surface area contributed by atoms with Crippen molar-refractivity contribution in [2.24, 2.45) is 22.2 Å². The topological polar surface area (TPSA) is 300 Å². The van der Waals surface area contributed by atoms with Gasteiger partial charge in [-0.2, -0.15) is 11.8 Å². The van der Waals surface area contributed by atoms with Gasteiger partial charge in [-0.25, -0.2) is 4.79 Å². The number of carbonyl (C=O) groups excluding carboxylic acids is 4. The quantitative estimate of drug-likeness (QED) is 0.0362. The highest BCUT2D eigenvalue weighted by Gasteiger charge is 2.33. The lowest BCUT2D eigenvalue weighted by Crippen LogP contribution is -2.60. The number of nitrogens with one attached hydrogen (secondary N) is 5. The second-order valence-corrected chi connectivity index (χ2v) is 13.5. The van der Waals surface area contributed by atoms with Crippen LogP contribution in [0.3, 0.4) is 0 Å². The molecule has 0 spiro atoms. The summed E-state index contributed by atoms with van der Waals surface area (Å²) in [6.45, 7) is 1.48. The van der Waals surface area contributed by atoms with E-state index in [4.69, 9.17) is 17.2 Å². The maximum absolute atomic E-state index is 14.1. The van der Waals surface area contributed by atoms with Crippen LogP contribution in [-0.2, 0) is 36.8 Å². The summed E-state index contributed by atoms with van der Waals surface area (Å²) in [4.78, 5) is 73.5. The van der Waals surface area contributed by atoms with Crippen molar-refractivity contribution in [3.63, 3.8) is 0 Å². The van der Waals surface area contributed by atoms with E-state index in [9.17, 15) is 39.3 Å². The van der Waals surface area contributed by atoms with Crippen LogP contribution in [0, 0.1) is 0 Å². The number of benzene rings is 2. The Morgan fingerprint density at radius 3 is 2.04 bits per heavy atom. The van der Waals surface area contributed by atoms with Gasteiger partial charge in [0.15, 0.2) is 5.96 Å². The Bertz CT molecular complexity index is 1730. The molecular formula is C35H49N9O8S. The van der Waals surface area contributed by atoms with Gasteiger partial charge >= 0.3 is 5.97 Å². The molecule has 6 atom stereocenters. The van der Waals surface area contributed by atoms with Gasteiger partial charge in [-0.05, 0) is 67.5 Å². The standard InChI is InChI=1S/C35H49N9O8S/c1-19(45)29(36)33(50)44-27(16-20-9-11-22(46)12-10-20)31(48)43-28(17-21-18-40-24-7-4-3-6-23(21)24)32(49)41-25(13-15-53-2)30(47)42-26(34(51)52)8-5-14-39-35(37)38/h3-4,6-7,9-12,18-19,25-29,40,45-46H,5,8,13-17,36H2,1-2H3,(H,41,49)(H,42,47)(H,43,48)(H,44,50)(H,51,52)(H4,37,38,39)/t19-,25+,26+,27+,28+,29+/m1/s1. The number of para-hydroxylation sites is 1. The van der Waals surface area contributed by atoms with E-state index >= 15 is 0 Å². The fourth-order valence-corrected chi connectivity index (χ4v) is 5.85. The number of carboxylic acid groups (broad SMARTS) is 1. The molecule has 0 aliphatic rings. The molecule has 288 valence electrons. The van der Waals surface area contributed by atoms with Gasteiger partial charge in [0.05, 0.1) is 6.10 Å². The molecule has 0 unspecified atom stereocenters. The van der Waals surface area contributed by atoms with Gasteiger partial charge < -0.3 is 58.8 Å². The fourth-order valence-electron chi connectivity index (χ4n) is 5.38. The number of nitrogens with zero attached hydrogens (tertiary/aromatic N) is 1. The van der Waals surface area contributed by atoms with E-state index in [0.29, 0.717) is 16.9 Å². The third-order valence-electron chi connectivity index (χ3n) is 8.37. The summed E-state index contributed by atoms with van der Waals surface area (Å²) in [5.74, 6) is -4.04. The average Bonchev–Trinajstić information content (AvgIpc) is 3.53. The lowest BCUT2D eigenvalue weighted by Gasteiger charge is -2.27. The van der Waals surface area contributed by atoms with E-state index in [1.807, 2.05) is 30.5 Å². The predicted octanol–water partition coefficient (Wildman–Crippen LogP) is -0.803. The Labute approximate surface area is 310 Å². The van der Waals surface area contributed by atoms with Crippen molar-refractivity contribution >= 4 is 58.2 Å². The van der Waals surface area contributed by atoms with E-state index in [1.54, 1.807) is 18.3 Å². The van der Waals surface area contributed by atoms with Crippen molar-refractivity contribution in [2.75, 3.05) is 18.6 Å². The van der Waals surface area contributed by atoms with Crippen molar-refractivity contribution in [3.05, 3.63) is 65.9 Å². The molecule has 0 saturated carbocycles. The summed E-state index contributed by atoms with van der Waals surface area (Å²) in [6, 6.07) is 6.93. The molecule has 1 aromatic heterocycles. The number of hydrogen-bond donors (Lipinski definition) is 11. The molecule has 3 aromatic rings. The van der Waals surface area contributed by atoms with Crippen LogP contribution < -0.4 is 38.5 Å². The summed E-state index contributed by atoms with van der Waals surface area (Å²) < 4.78 is 0. The third-order valence-corrected chi connectivity index (χ3v) is 9.01. The number of thioether (sulfide) groups is 1. The summed E-state index contributed by atoms with van der Waals surface area (Å²) in [5, 5.41) is 40.7. The number of H-pyrrole nitrogens is 1. The van der Waals surface area contributed by atoms with Gasteiger partial charge in [-0.15, -0.1) is 0 Å². The first kappa shape index (κ1) is 42.1. The Morgan fingerprint density at radius 2 is 1.42 bits per heavy atom. The molecule has 2 aromatic carbocycles. The summed E-state index contributed by atoms with van der Waals surface area (Å²) in [6.07, 6.45) is 2.61. The van der Waals surface area contributed by atoms with E-state index in [-0.39, 0.29) is 50.4 Å². The maximum atomic E-state index is 14.1. The van der Waals surface area contributed by atoms with Crippen molar-refractivity contribution < 1.29 is 39.3 Å². The summed E-state index contributed by atoms with van der Waals surface area (Å²) >= 11 is 1.42. The number of nitrogens with two attached hydrogens (primary N) is 3. The van der Waals surface area contributed by atoms with Crippen molar-refractivity contribution in [2.45, 2.75) is 75.3 Å². The minimum atomic E-state index is -1.35. The monoisotopic (exact) mass is 755 g/mol. The summed E-state index contributed by atoms with van der Waals surface area (Å²) in [7, 11) is 0. The Kier molecular flexibility index (Phi) is 16.4. The number of carbonyl (C=O) groups is 5. The number of aromatic amines is 1. The number of aliphatic hydroxyl groups excluding tert-OH is 1. The van der Waals surface area contributed by atoms with Crippen LogP contribution in [-0.4, -0.2) is 111 Å². The molecule has 14 N–H and O–H groups in total. The first-order valence-electron chi connectivity index (χ1n) is 16.9. The highest BCUT2D eigenvalue weighted by Crippen LogP contribution is 2.20. The molecule has 17 nitrogen and oxygen atoms in total. The number of rotatable bonds is 21.